The minimum atomic E-state index is -0.412. The zero-order valence-electron chi connectivity index (χ0n) is 18.2. The Bertz CT molecular complexity index is 1350. The maximum absolute atomic E-state index is 10.5. The van der Waals surface area contributed by atoms with E-state index < -0.39 is 11.4 Å². The second-order valence-electron chi connectivity index (χ2n) is 6.21. The number of H-pyrrole nitrogens is 4. The molecule has 0 saturated carbocycles. The standard InChI is InChI=1S/2C5H7N3O.2C4H5N3O/c1-3-2-7-5(9)8-4(3)6;1-3-2-4(9)8-5(6)7-3;5-4-6-2-1-3(8)7-4;5-3-1-2-6-4(8)7-3/h2*2H,1H3,(H3,6,7,8,9);2*1-2H,(H3,5,6,7,8). The Morgan fingerprint density at radius 1 is 0.706 bits per heavy atom. The molecule has 0 atom stereocenters. The van der Waals surface area contributed by atoms with Crippen molar-refractivity contribution in [2.45, 2.75) is 13.8 Å². The number of anilines is 4. The zero-order chi connectivity index (χ0) is 25.7. The summed E-state index contributed by atoms with van der Waals surface area (Å²) in [5.74, 6) is 1.04. The lowest BCUT2D eigenvalue weighted by atomic mass is 10.4. The molecule has 16 heteroatoms. The normalized spacial score (nSPS) is 9.24. The molecule has 0 spiro atoms. The van der Waals surface area contributed by atoms with Gasteiger partial charge in [0.1, 0.15) is 11.6 Å². The van der Waals surface area contributed by atoms with E-state index in [1.54, 1.807) is 13.8 Å². The third-order valence-corrected chi connectivity index (χ3v) is 3.32. The third-order valence-electron chi connectivity index (χ3n) is 3.32. The fraction of sp³-hybridized carbons (Fsp3) is 0.111. The molecule has 0 amide bonds. The van der Waals surface area contributed by atoms with Crippen molar-refractivity contribution in [1.82, 2.24) is 39.9 Å². The first kappa shape index (κ1) is 26.8. The average Bonchev–Trinajstić information content (AvgIpc) is 2.71. The lowest BCUT2D eigenvalue weighted by Crippen LogP contribution is -2.12. The number of rotatable bonds is 0. The van der Waals surface area contributed by atoms with Gasteiger partial charge in [0, 0.05) is 42.0 Å². The first-order valence-corrected chi connectivity index (χ1v) is 9.22. The molecule has 16 nitrogen and oxygen atoms in total. The number of hydrogen-bond donors (Lipinski definition) is 8. The first-order chi connectivity index (χ1) is 16.0. The molecule has 180 valence electrons. The van der Waals surface area contributed by atoms with Gasteiger partial charge in [0.25, 0.3) is 11.1 Å². The number of hydrogen-bond acceptors (Lipinski definition) is 12. The van der Waals surface area contributed by atoms with Gasteiger partial charge in [-0.3, -0.25) is 29.5 Å². The Kier molecular flexibility index (Phi) is 10.4. The molecule has 0 saturated heterocycles. The van der Waals surface area contributed by atoms with Gasteiger partial charge in [-0.1, -0.05) is 0 Å². The van der Waals surface area contributed by atoms with Crippen LogP contribution in [-0.2, 0) is 0 Å². The van der Waals surface area contributed by atoms with E-state index in [9.17, 15) is 19.2 Å². The molecule has 0 aliphatic heterocycles. The van der Waals surface area contributed by atoms with Gasteiger partial charge >= 0.3 is 11.4 Å². The maximum atomic E-state index is 10.5. The lowest BCUT2D eigenvalue weighted by Gasteiger charge is -1.93. The van der Waals surface area contributed by atoms with Gasteiger partial charge in [0.15, 0.2) is 5.95 Å². The van der Waals surface area contributed by atoms with Crippen LogP contribution in [0.4, 0.5) is 23.5 Å². The molecule has 0 radical (unpaired) electrons. The van der Waals surface area contributed by atoms with E-state index in [0.29, 0.717) is 17.3 Å². The number of aromatic amines is 4. The van der Waals surface area contributed by atoms with Crippen molar-refractivity contribution in [3.05, 3.63) is 89.7 Å². The predicted molar refractivity (Wildman–Crippen MR) is 127 cm³/mol. The molecule has 4 aromatic rings. The number of nitrogen functional groups attached to an aromatic ring is 4. The minimum Gasteiger partial charge on any atom is -0.385 e. The summed E-state index contributed by atoms with van der Waals surface area (Å²) in [5.41, 5.74) is 20.9. The summed E-state index contributed by atoms with van der Waals surface area (Å²) < 4.78 is 0. The van der Waals surface area contributed by atoms with Gasteiger partial charge in [-0.05, 0) is 19.9 Å². The second-order valence-corrected chi connectivity index (χ2v) is 6.21. The van der Waals surface area contributed by atoms with Crippen molar-refractivity contribution in [1.29, 1.82) is 0 Å². The summed E-state index contributed by atoms with van der Waals surface area (Å²) >= 11 is 0. The molecule has 0 aliphatic carbocycles. The van der Waals surface area contributed by atoms with Crippen LogP contribution in [-0.4, -0.2) is 39.9 Å². The Morgan fingerprint density at radius 3 is 1.74 bits per heavy atom. The molecule has 0 bridgehead atoms. The highest BCUT2D eigenvalue weighted by Gasteiger charge is 1.91. The van der Waals surface area contributed by atoms with Crippen molar-refractivity contribution in [3.63, 3.8) is 0 Å². The van der Waals surface area contributed by atoms with E-state index in [1.807, 2.05) is 0 Å². The van der Waals surface area contributed by atoms with Gasteiger partial charge in [-0.2, -0.15) is 0 Å². The van der Waals surface area contributed by atoms with Gasteiger partial charge in [0.05, 0.1) is 0 Å². The summed E-state index contributed by atoms with van der Waals surface area (Å²) in [4.78, 5) is 64.8. The molecule has 0 aliphatic rings. The van der Waals surface area contributed by atoms with Gasteiger partial charge in [0.2, 0.25) is 5.95 Å². The van der Waals surface area contributed by atoms with E-state index in [4.69, 9.17) is 22.9 Å². The summed E-state index contributed by atoms with van der Waals surface area (Å²) in [6, 6.07) is 4.20. The first-order valence-electron chi connectivity index (χ1n) is 9.22. The smallest absolute Gasteiger partial charge is 0.346 e. The summed E-state index contributed by atoms with van der Waals surface area (Å²) in [7, 11) is 0. The van der Waals surface area contributed by atoms with Crippen molar-refractivity contribution in [2.75, 3.05) is 22.9 Å². The number of aryl methyl sites for hydroxylation is 2. The molecule has 12 N–H and O–H groups in total. The third kappa shape index (κ3) is 11.2. The Hall–Kier alpha value is -5.28. The SMILES string of the molecule is Cc1cc(=O)[nH]c(N)n1.Cc1cnc(=O)[nH]c1N.Nc1ccnc(=O)[nH]1.Nc1nccc(=O)[nH]1. The quantitative estimate of drug-likeness (QED) is 0.138. The fourth-order valence-electron chi connectivity index (χ4n) is 1.84. The van der Waals surface area contributed by atoms with Gasteiger partial charge in [-0.15, -0.1) is 0 Å². The Morgan fingerprint density at radius 2 is 1.32 bits per heavy atom. The van der Waals surface area contributed by atoms with E-state index >= 15 is 0 Å². The summed E-state index contributed by atoms with van der Waals surface area (Å²) in [6.45, 7) is 3.49. The van der Waals surface area contributed by atoms with Crippen LogP contribution in [0.1, 0.15) is 11.3 Å². The van der Waals surface area contributed by atoms with Crippen molar-refractivity contribution in [2.24, 2.45) is 0 Å². The van der Waals surface area contributed by atoms with Crippen LogP contribution < -0.4 is 45.4 Å². The lowest BCUT2D eigenvalue weighted by molar-refractivity contribution is 1.06. The average molecular weight is 472 g/mol. The van der Waals surface area contributed by atoms with E-state index in [2.05, 4.69) is 39.9 Å². The van der Waals surface area contributed by atoms with Crippen LogP contribution in [0.3, 0.4) is 0 Å². The van der Waals surface area contributed by atoms with Gasteiger partial charge < -0.3 is 22.9 Å². The largest absolute Gasteiger partial charge is 0.385 e. The summed E-state index contributed by atoms with van der Waals surface area (Å²) in [5, 5.41) is 0. The van der Waals surface area contributed by atoms with Crippen LogP contribution in [0.25, 0.3) is 0 Å². The molecular formula is C18H24N12O4. The number of aromatic nitrogens is 8. The minimum absolute atomic E-state index is 0.150. The molecular weight excluding hydrogens is 448 g/mol. The van der Waals surface area contributed by atoms with Crippen LogP contribution in [0.5, 0.6) is 0 Å². The van der Waals surface area contributed by atoms with Crippen LogP contribution in [0.15, 0.2) is 56.0 Å². The Labute approximate surface area is 190 Å². The molecule has 4 rings (SSSR count). The van der Waals surface area contributed by atoms with Crippen LogP contribution in [0.2, 0.25) is 0 Å². The van der Waals surface area contributed by atoms with Crippen LogP contribution >= 0.6 is 0 Å². The molecule has 0 fully saturated rings. The topological polar surface area (TPSA) is 287 Å². The highest BCUT2D eigenvalue weighted by atomic mass is 16.1. The summed E-state index contributed by atoms with van der Waals surface area (Å²) in [6.07, 6.45) is 4.15. The van der Waals surface area contributed by atoms with Crippen molar-refractivity contribution in [3.8, 4) is 0 Å². The van der Waals surface area contributed by atoms with E-state index in [1.165, 1.54) is 36.8 Å². The monoisotopic (exact) mass is 472 g/mol. The number of nitrogens with zero attached hydrogens (tertiary/aromatic N) is 4. The predicted octanol–water partition coefficient (Wildman–Crippen LogP) is -1.97. The molecule has 4 aromatic heterocycles. The van der Waals surface area contributed by atoms with Crippen molar-refractivity contribution < 1.29 is 0 Å². The fourth-order valence-corrected chi connectivity index (χ4v) is 1.84. The zero-order valence-corrected chi connectivity index (χ0v) is 18.2. The molecule has 34 heavy (non-hydrogen) atoms. The Balaban J connectivity index is 0.000000227. The van der Waals surface area contributed by atoms with Crippen LogP contribution in [0, 0.1) is 13.8 Å². The highest BCUT2D eigenvalue weighted by Crippen LogP contribution is 1.97. The highest BCUT2D eigenvalue weighted by molar-refractivity contribution is 5.34. The molecule has 0 unspecified atom stereocenters. The number of nitrogens with one attached hydrogen (secondary N) is 4. The second kappa shape index (κ2) is 13.2. The van der Waals surface area contributed by atoms with E-state index in [-0.39, 0.29) is 23.0 Å². The number of nitrogens with two attached hydrogens (primary N) is 4. The van der Waals surface area contributed by atoms with E-state index in [0.717, 1.165) is 5.56 Å². The molecule has 4 heterocycles. The van der Waals surface area contributed by atoms with Gasteiger partial charge in [-0.25, -0.2) is 29.5 Å². The molecule has 0 aromatic carbocycles. The maximum Gasteiger partial charge on any atom is 0.346 e. The van der Waals surface area contributed by atoms with Crippen molar-refractivity contribution >= 4 is 23.5 Å².